The fourth-order valence-corrected chi connectivity index (χ4v) is 4.51. The molecular formula is C23H29ClN4O6S. The first-order valence-electron chi connectivity index (χ1n) is 11.0. The lowest BCUT2D eigenvalue weighted by atomic mass is 10.1. The zero-order chi connectivity index (χ0) is 26.2. The number of anilines is 1. The molecule has 0 saturated carbocycles. The number of carbonyl (C=O) groups excluding carboxylic acids is 2. The molecule has 2 rings (SSSR count). The van der Waals surface area contributed by atoms with Crippen molar-refractivity contribution in [1.29, 1.82) is 0 Å². The predicted octanol–water partition coefficient (Wildman–Crippen LogP) is 3.35. The van der Waals surface area contributed by atoms with Crippen molar-refractivity contribution in [2.45, 2.75) is 39.3 Å². The summed E-state index contributed by atoms with van der Waals surface area (Å²) in [5, 5.41) is 14.4. The highest BCUT2D eigenvalue weighted by Crippen LogP contribution is 2.25. The average Bonchev–Trinajstić information content (AvgIpc) is 2.81. The molecule has 0 heterocycles. The second kappa shape index (κ2) is 12.5. The molecule has 1 atom stereocenters. The summed E-state index contributed by atoms with van der Waals surface area (Å²) in [5.74, 6) is -1.02. The predicted molar refractivity (Wildman–Crippen MR) is 135 cm³/mol. The summed E-state index contributed by atoms with van der Waals surface area (Å²) in [6, 6.07) is 11.0. The van der Waals surface area contributed by atoms with Crippen molar-refractivity contribution in [3.05, 3.63) is 69.2 Å². The van der Waals surface area contributed by atoms with E-state index in [0.29, 0.717) is 23.6 Å². The summed E-state index contributed by atoms with van der Waals surface area (Å²) in [4.78, 5) is 38.3. The molecule has 1 N–H and O–H groups in total. The molecule has 0 fully saturated rings. The van der Waals surface area contributed by atoms with Gasteiger partial charge in [0.2, 0.25) is 21.8 Å². The number of hydrogen-bond donors (Lipinski definition) is 1. The largest absolute Gasteiger partial charge is 0.354 e. The van der Waals surface area contributed by atoms with Crippen LogP contribution in [0.4, 0.5) is 11.4 Å². The third-order valence-electron chi connectivity index (χ3n) is 5.24. The number of rotatable bonds is 12. The Balaban J connectivity index is 2.47. The van der Waals surface area contributed by atoms with Gasteiger partial charge in [-0.25, -0.2) is 8.42 Å². The number of sulfonamides is 1. The third kappa shape index (κ3) is 7.66. The van der Waals surface area contributed by atoms with Crippen LogP contribution in [-0.2, 0) is 26.2 Å². The summed E-state index contributed by atoms with van der Waals surface area (Å²) in [6.07, 6.45) is 1.89. The molecule has 0 bridgehead atoms. The number of halogens is 1. The molecule has 0 aliphatic carbocycles. The number of nitrogens with zero attached hydrogens (tertiary/aromatic N) is 3. The molecule has 190 valence electrons. The van der Waals surface area contributed by atoms with Crippen LogP contribution in [0, 0.1) is 10.1 Å². The van der Waals surface area contributed by atoms with Gasteiger partial charge in [-0.05, 0) is 30.5 Å². The van der Waals surface area contributed by atoms with Gasteiger partial charge in [0.1, 0.15) is 12.6 Å². The number of benzene rings is 2. The highest BCUT2D eigenvalue weighted by atomic mass is 35.5. The fraction of sp³-hybridized carbons (Fsp3) is 0.391. The Morgan fingerprint density at radius 3 is 2.40 bits per heavy atom. The van der Waals surface area contributed by atoms with Crippen LogP contribution in [0.15, 0.2) is 48.5 Å². The molecule has 12 heteroatoms. The monoisotopic (exact) mass is 524 g/mol. The van der Waals surface area contributed by atoms with Gasteiger partial charge >= 0.3 is 0 Å². The standard InChI is InChI=1S/C23H29ClN4O6S/c1-4-13-25-23(30)21(5-2)26(15-17-9-6-7-12-20(17)24)22(29)16-27(35(3,33)34)18-10-8-11-19(14-18)28(31)32/h6-12,14,21H,4-5,13,15-16H2,1-3H3,(H,25,30). The fourth-order valence-electron chi connectivity index (χ4n) is 3.47. The first kappa shape index (κ1) is 28.1. The van der Waals surface area contributed by atoms with Crippen molar-refractivity contribution < 1.29 is 22.9 Å². The molecule has 10 nitrogen and oxygen atoms in total. The van der Waals surface area contributed by atoms with Crippen molar-refractivity contribution >= 4 is 44.8 Å². The van der Waals surface area contributed by atoms with E-state index in [4.69, 9.17) is 11.6 Å². The summed E-state index contributed by atoms with van der Waals surface area (Å²) < 4.78 is 26.0. The van der Waals surface area contributed by atoms with Crippen molar-refractivity contribution in [2.75, 3.05) is 23.7 Å². The third-order valence-corrected chi connectivity index (χ3v) is 6.75. The van der Waals surface area contributed by atoms with Gasteiger partial charge < -0.3 is 10.2 Å². The lowest BCUT2D eigenvalue weighted by Gasteiger charge is -2.33. The number of nitro benzene ring substituents is 1. The molecule has 0 aliphatic rings. The Bertz CT molecular complexity index is 1170. The maximum absolute atomic E-state index is 13.5. The van der Waals surface area contributed by atoms with Crippen LogP contribution in [0.2, 0.25) is 5.02 Å². The van der Waals surface area contributed by atoms with E-state index in [0.717, 1.165) is 16.6 Å². The van der Waals surface area contributed by atoms with E-state index in [1.54, 1.807) is 31.2 Å². The lowest BCUT2D eigenvalue weighted by Crippen LogP contribution is -2.52. The molecule has 2 aromatic carbocycles. The first-order valence-corrected chi connectivity index (χ1v) is 13.2. The summed E-state index contributed by atoms with van der Waals surface area (Å²) in [5.41, 5.74) is 0.239. The Kier molecular flexibility index (Phi) is 10.0. The van der Waals surface area contributed by atoms with Crippen molar-refractivity contribution in [3.8, 4) is 0 Å². The van der Waals surface area contributed by atoms with Gasteiger partial charge in [-0.2, -0.15) is 0 Å². The van der Waals surface area contributed by atoms with Crippen molar-refractivity contribution in [1.82, 2.24) is 10.2 Å². The summed E-state index contributed by atoms with van der Waals surface area (Å²) in [6.45, 7) is 3.40. The van der Waals surface area contributed by atoms with Crippen LogP contribution in [0.3, 0.4) is 0 Å². The van der Waals surface area contributed by atoms with Gasteiger partial charge in [0, 0.05) is 30.2 Å². The molecular weight excluding hydrogens is 496 g/mol. The Morgan fingerprint density at radius 1 is 1.14 bits per heavy atom. The second-order valence-electron chi connectivity index (χ2n) is 7.87. The van der Waals surface area contributed by atoms with Gasteiger partial charge in [-0.15, -0.1) is 0 Å². The lowest BCUT2D eigenvalue weighted by molar-refractivity contribution is -0.384. The van der Waals surface area contributed by atoms with Crippen LogP contribution in [0.1, 0.15) is 32.3 Å². The smallest absolute Gasteiger partial charge is 0.271 e. The Morgan fingerprint density at radius 2 is 1.83 bits per heavy atom. The molecule has 0 saturated heterocycles. The van der Waals surface area contributed by atoms with Crippen LogP contribution < -0.4 is 9.62 Å². The number of non-ortho nitro benzene ring substituents is 1. The number of hydrogen-bond acceptors (Lipinski definition) is 6. The SMILES string of the molecule is CCCNC(=O)C(CC)N(Cc1ccccc1Cl)C(=O)CN(c1cccc([N+](=O)[O-])c1)S(C)(=O)=O. The molecule has 0 spiro atoms. The maximum Gasteiger partial charge on any atom is 0.271 e. The summed E-state index contributed by atoms with van der Waals surface area (Å²) in [7, 11) is -4.00. The van der Waals surface area contributed by atoms with Crippen LogP contribution in [-0.4, -0.2) is 55.4 Å². The first-order chi connectivity index (χ1) is 16.5. The number of carbonyl (C=O) groups is 2. The molecule has 1 unspecified atom stereocenters. The zero-order valence-electron chi connectivity index (χ0n) is 19.8. The number of nitro groups is 1. The highest BCUT2D eigenvalue weighted by molar-refractivity contribution is 7.92. The summed E-state index contributed by atoms with van der Waals surface area (Å²) >= 11 is 6.30. The molecule has 2 amide bonds. The van der Waals surface area contributed by atoms with Gasteiger partial charge in [0.25, 0.3) is 5.69 Å². The quantitative estimate of drug-likeness (QED) is 0.335. The Hall–Kier alpha value is -3.18. The Labute approximate surface area is 210 Å². The van der Waals surface area contributed by atoms with E-state index in [1.807, 2.05) is 6.92 Å². The van der Waals surface area contributed by atoms with Gasteiger partial charge in [0.15, 0.2) is 0 Å². The minimum Gasteiger partial charge on any atom is -0.354 e. The second-order valence-corrected chi connectivity index (χ2v) is 10.2. The minimum absolute atomic E-state index is 0.0247. The average molecular weight is 525 g/mol. The van der Waals surface area contributed by atoms with E-state index in [1.165, 1.54) is 23.1 Å². The van der Waals surface area contributed by atoms with Gasteiger partial charge in [0.05, 0.1) is 16.9 Å². The maximum atomic E-state index is 13.5. The van der Waals surface area contributed by atoms with E-state index in [2.05, 4.69) is 5.32 Å². The van der Waals surface area contributed by atoms with Crippen LogP contribution >= 0.6 is 11.6 Å². The molecule has 0 radical (unpaired) electrons. The van der Waals surface area contributed by atoms with Crippen LogP contribution in [0.25, 0.3) is 0 Å². The van der Waals surface area contributed by atoms with E-state index >= 15 is 0 Å². The molecule has 35 heavy (non-hydrogen) atoms. The zero-order valence-corrected chi connectivity index (χ0v) is 21.4. The molecule has 2 aromatic rings. The van der Waals surface area contributed by atoms with Gasteiger partial charge in [-0.3, -0.25) is 24.0 Å². The molecule has 0 aromatic heterocycles. The van der Waals surface area contributed by atoms with Crippen molar-refractivity contribution in [3.63, 3.8) is 0 Å². The van der Waals surface area contributed by atoms with Crippen LogP contribution in [0.5, 0.6) is 0 Å². The normalized spacial score (nSPS) is 12.0. The van der Waals surface area contributed by atoms with E-state index in [9.17, 15) is 28.1 Å². The van der Waals surface area contributed by atoms with Gasteiger partial charge in [-0.1, -0.05) is 49.7 Å². The van der Waals surface area contributed by atoms with E-state index in [-0.39, 0.29) is 30.2 Å². The topological polar surface area (TPSA) is 130 Å². The number of nitrogens with one attached hydrogen (secondary N) is 1. The minimum atomic E-state index is -4.00. The number of amides is 2. The van der Waals surface area contributed by atoms with Crippen molar-refractivity contribution in [2.24, 2.45) is 0 Å². The highest BCUT2D eigenvalue weighted by Gasteiger charge is 2.32. The molecule has 0 aliphatic heterocycles. The van der Waals surface area contributed by atoms with E-state index < -0.39 is 33.4 Å².